The van der Waals surface area contributed by atoms with E-state index in [1.807, 2.05) is 18.2 Å². The van der Waals surface area contributed by atoms with Crippen molar-refractivity contribution < 1.29 is 9.53 Å². The van der Waals surface area contributed by atoms with Crippen molar-refractivity contribution in [1.82, 2.24) is 0 Å². The van der Waals surface area contributed by atoms with E-state index in [1.54, 1.807) is 17.4 Å². The van der Waals surface area contributed by atoms with Gasteiger partial charge in [-0.15, -0.1) is 11.3 Å². The predicted octanol–water partition coefficient (Wildman–Crippen LogP) is 4.10. The van der Waals surface area contributed by atoms with E-state index in [0.717, 1.165) is 5.69 Å². The van der Waals surface area contributed by atoms with Gasteiger partial charge in [0, 0.05) is 10.6 Å². The number of esters is 1. The SMILES string of the molecule is COC(=O)c1cccc(NC(c2cccs2)C2CC2)c1. The molecular formula is C16H17NO2S. The van der Waals surface area contributed by atoms with E-state index >= 15 is 0 Å². The molecule has 1 N–H and O–H groups in total. The quantitative estimate of drug-likeness (QED) is 0.841. The first-order valence-electron chi connectivity index (χ1n) is 6.76. The number of methoxy groups -OCH3 is 1. The van der Waals surface area contributed by atoms with Gasteiger partial charge >= 0.3 is 5.97 Å². The van der Waals surface area contributed by atoms with E-state index in [2.05, 4.69) is 22.8 Å². The molecule has 1 atom stereocenters. The van der Waals surface area contributed by atoms with E-state index in [9.17, 15) is 4.79 Å². The van der Waals surface area contributed by atoms with Gasteiger partial charge in [-0.2, -0.15) is 0 Å². The average molecular weight is 287 g/mol. The molecule has 1 fully saturated rings. The molecule has 1 heterocycles. The summed E-state index contributed by atoms with van der Waals surface area (Å²) in [6.45, 7) is 0. The van der Waals surface area contributed by atoms with Crippen molar-refractivity contribution in [3.63, 3.8) is 0 Å². The second-order valence-corrected chi connectivity index (χ2v) is 6.03. The number of rotatable bonds is 5. The summed E-state index contributed by atoms with van der Waals surface area (Å²) < 4.78 is 4.76. The van der Waals surface area contributed by atoms with Gasteiger partial charge < -0.3 is 10.1 Å². The van der Waals surface area contributed by atoms with Crippen LogP contribution in [0.3, 0.4) is 0 Å². The lowest BCUT2D eigenvalue weighted by atomic mass is 10.1. The van der Waals surface area contributed by atoms with Crippen LogP contribution in [0.2, 0.25) is 0 Å². The Morgan fingerprint density at radius 1 is 1.35 bits per heavy atom. The number of hydrogen-bond donors (Lipinski definition) is 1. The molecule has 0 aliphatic heterocycles. The fraction of sp³-hybridized carbons (Fsp3) is 0.312. The molecule has 0 bridgehead atoms. The fourth-order valence-corrected chi connectivity index (χ4v) is 3.22. The lowest BCUT2D eigenvalue weighted by Gasteiger charge is -2.18. The van der Waals surface area contributed by atoms with E-state index < -0.39 is 0 Å². The molecule has 1 unspecified atom stereocenters. The smallest absolute Gasteiger partial charge is 0.337 e. The van der Waals surface area contributed by atoms with E-state index in [0.29, 0.717) is 17.5 Å². The molecule has 0 saturated heterocycles. The molecule has 0 radical (unpaired) electrons. The molecule has 3 nitrogen and oxygen atoms in total. The molecule has 1 aromatic heterocycles. The number of carbonyl (C=O) groups is 1. The number of carbonyl (C=O) groups excluding carboxylic acids is 1. The Labute approximate surface area is 122 Å². The van der Waals surface area contributed by atoms with Gasteiger partial charge in [-0.3, -0.25) is 0 Å². The van der Waals surface area contributed by atoms with Crippen molar-refractivity contribution in [2.75, 3.05) is 12.4 Å². The van der Waals surface area contributed by atoms with Crippen LogP contribution in [0, 0.1) is 5.92 Å². The first-order valence-corrected chi connectivity index (χ1v) is 7.64. The third-order valence-electron chi connectivity index (χ3n) is 3.55. The highest BCUT2D eigenvalue weighted by Crippen LogP contribution is 2.44. The number of nitrogens with one attached hydrogen (secondary N) is 1. The zero-order valence-corrected chi connectivity index (χ0v) is 12.2. The lowest BCUT2D eigenvalue weighted by molar-refractivity contribution is 0.0601. The standard InChI is InChI=1S/C16H17NO2S/c1-19-16(18)12-4-2-5-13(10-12)17-15(11-7-8-11)14-6-3-9-20-14/h2-6,9-11,15,17H,7-8H2,1H3. The lowest BCUT2D eigenvalue weighted by Crippen LogP contribution is -2.12. The van der Waals surface area contributed by atoms with Crippen molar-refractivity contribution in [1.29, 1.82) is 0 Å². The molecule has 0 spiro atoms. The Balaban J connectivity index is 1.80. The summed E-state index contributed by atoms with van der Waals surface area (Å²) >= 11 is 1.78. The number of ether oxygens (including phenoxy) is 1. The van der Waals surface area contributed by atoms with Crippen LogP contribution in [-0.2, 0) is 4.74 Å². The van der Waals surface area contributed by atoms with Crippen LogP contribution in [0.15, 0.2) is 41.8 Å². The average Bonchev–Trinajstić information content (AvgIpc) is 3.18. The van der Waals surface area contributed by atoms with E-state index in [-0.39, 0.29) is 5.97 Å². The monoisotopic (exact) mass is 287 g/mol. The summed E-state index contributed by atoms with van der Waals surface area (Å²) in [5.74, 6) is 0.406. The highest BCUT2D eigenvalue weighted by Gasteiger charge is 2.32. The van der Waals surface area contributed by atoms with Gasteiger partial charge in [0.15, 0.2) is 0 Å². The third-order valence-corrected chi connectivity index (χ3v) is 4.50. The minimum absolute atomic E-state index is 0.298. The van der Waals surface area contributed by atoms with Crippen LogP contribution in [0.25, 0.3) is 0 Å². The van der Waals surface area contributed by atoms with Crippen molar-refractivity contribution in [3.8, 4) is 0 Å². The minimum Gasteiger partial charge on any atom is -0.465 e. The van der Waals surface area contributed by atoms with Gasteiger partial charge in [0.25, 0.3) is 0 Å². The van der Waals surface area contributed by atoms with Crippen LogP contribution in [-0.4, -0.2) is 13.1 Å². The first kappa shape index (κ1) is 13.2. The molecule has 20 heavy (non-hydrogen) atoms. The van der Waals surface area contributed by atoms with Crippen LogP contribution in [0.4, 0.5) is 5.69 Å². The molecule has 104 valence electrons. The van der Waals surface area contributed by atoms with E-state index in [1.165, 1.54) is 24.8 Å². The van der Waals surface area contributed by atoms with Crippen molar-refractivity contribution in [3.05, 3.63) is 52.2 Å². The summed E-state index contributed by atoms with van der Waals surface area (Å²) in [7, 11) is 1.40. The molecular weight excluding hydrogens is 270 g/mol. The third kappa shape index (κ3) is 2.85. The molecule has 1 aliphatic carbocycles. The number of anilines is 1. The Morgan fingerprint density at radius 2 is 2.20 bits per heavy atom. The summed E-state index contributed by atoms with van der Waals surface area (Å²) in [6.07, 6.45) is 2.54. The summed E-state index contributed by atoms with van der Waals surface area (Å²) in [5.41, 5.74) is 1.55. The summed E-state index contributed by atoms with van der Waals surface area (Å²) in [5, 5.41) is 5.67. The van der Waals surface area contributed by atoms with Crippen molar-refractivity contribution in [2.24, 2.45) is 5.92 Å². The topological polar surface area (TPSA) is 38.3 Å². The molecule has 3 rings (SSSR count). The minimum atomic E-state index is -0.298. The maximum Gasteiger partial charge on any atom is 0.337 e. The molecule has 0 amide bonds. The summed E-state index contributed by atoms with van der Waals surface area (Å²) in [6, 6.07) is 12.1. The second kappa shape index (κ2) is 5.67. The highest BCUT2D eigenvalue weighted by molar-refractivity contribution is 7.10. The Morgan fingerprint density at radius 3 is 2.85 bits per heavy atom. The maximum absolute atomic E-state index is 11.6. The maximum atomic E-state index is 11.6. The molecule has 1 saturated carbocycles. The Hall–Kier alpha value is -1.81. The summed E-state index contributed by atoms with van der Waals surface area (Å²) in [4.78, 5) is 12.9. The van der Waals surface area contributed by atoms with Gasteiger partial charge in [-0.1, -0.05) is 12.1 Å². The zero-order chi connectivity index (χ0) is 13.9. The Kier molecular flexibility index (Phi) is 3.74. The molecule has 2 aromatic rings. The predicted molar refractivity (Wildman–Crippen MR) is 81.2 cm³/mol. The van der Waals surface area contributed by atoms with Gasteiger partial charge in [-0.05, 0) is 48.4 Å². The number of benzene rings is 1. The van der Waals surface area contributed by atoms with Gasteiger partial charge in [0.2, 0.25) is 0 Å². The van der Waals surface area contributed by atoms with Gasteiger partial charge in [0.05, 0.1) is 18.7 Å². The zero-order valence-electron chi connectivity index (χ0n) is 11.3. The Bertz CT molecular complexity index is 590. The van der Waals surface area contributed by atoms with Crippen LogP contribution >= 0.6 is 11.3 Å². The normalized spacial score (nSPS) is 15.7. The molecule has 1 aliphatic rings. The number of hydrogen-bond acceptors (Lipinski definition) is 4. The second-order valence-electron chi connectivity index (χ2n) is 5.05. The van der Waals surface area contributed by atoms with Gasteiger partial charge in [0.1, 0.15) is 0 Å². The van der Waals surface area contributed by atoms with Crippen LogP contribution < -0.4 is 5.32 Å². The fourth-order valence-electron chi connectivity index (χ4n) is 2.35. The first-order chi connectivity index (χ1) is 9.78. The largest absolute Gasteiger partial charge is 0.465 e. The highest BCUT2D eigenvalue weighted by atomic mass is 32.1. The van der Waals surface area contributed by atoms with Crippen LogP contribution in [0.1, 0.15) is 34.1 Å². The van der Waals surface area contributed by atoms with Crippen molar-refractivity contribution in [2.45, 2.75) is 18.9 Å². The van der Waals surface area contributed by atoms with Crippen LogP contribution in [0.5, 0.6) is 0 Å². The van der Waals surface area contributed by atoms with E-state index in [4.69, 9.17) is 4.74 Å². The molecule has 4 heteroatoms. The van der Waals surface area contributed by atoms with Crippen molar-refractivity contribution >= 4 is 23.0 Å². The molecule has 1 aromatic carbocycles. The van der Waals surface area contributed by atoms with Gasteiger partial charge in [-0.25, -0.2) is 4.79 Å². The number of thiophene rings is 1.